The Hall–Kier alpha value is -4.72. The number of benzene rings is 3. The number of para-hydroxylation sites is 1. The molecule has 0 atom stereocenters. The lowest BCUT2D eigenvalue weighted by atomic mass is 9.92. The van der Waals surface area contributed by atoms with E-state index in [1.807, 2.05) is 6.07 Å². The van der Waals surface area contributed by atoms with Crippen LogP contribution in [-0.2, 0) is 9.47 Å². The van der Waals surface area contributed by atoms with Gasteiger partial charge in [-0.1, -0.05) is 60.7 Å². The molecule has 0 amide bonds. The van der Waals surface area contributed by atoms with Crippen molar-refractivity contribution in [1.29, 1.82) is 0 Å². The van der Waals surface area contributed by atoms with Gasteiger partial charge < -0.3 is 14.6 Å². The van der Waals surface area contributed by atoms with Crippen LogP contribution in [0, 0.1) is 0 Å². The topological polar surface area (TPSA) is 108 Å². The number of methoxy groups -OCH3 is 2. The van der Waals surface area contributed by atoms with Gasteiger partial charge in [0.25, 0.3) is 0 Å². The Kier molecular flexibility index (Phi) is 6.22. The number of hydrogen-bond acceptors (Lipinski definition) is 6. The maximum Gasteiger partial charge on any atom is 0.357 e. The molecule has 0 unspecified atom stereocenters. The minimum atomic E-state index is -1.09. The van der Waals surface area contributed by atoms with Crippen LogP contribution in [0.5, 0.6) is 0 Å². The van der Waals surface area contributed by atoms with Gasteiger partial charge in [-0.25, -0.2) is 19.1 Å². The van der Waals surface area contributed by atoms with E-state index in [1.54, 1.807) is 66.7 Å². The molecule has 0 aliphatic rings. The number of carboxylic acid groups (broad SMARTS) is 1. The first-order valence-electron chi connectivity index (χ1n) is 10.2. The van der Waals surface area contributed by atoms with Gasteiger partial charge in [-0.15, -0.1) is 0 Å². The second-order valence-corrected chi connectivity index (χ2v) is 7.20. The highest BCUT2D eigenvalue weighted by atomic mass is 16.5. The Balaban J connectivity index is 2.08. The van der Waals surface area contributed by atoms with E-state index in [1.165, 1.54) is 25.0 Å². The predicted molar refractivity (Wildman–Crippen MR) is 124 cm³/mol. The SMILES string of the molecule is COC(=O)c1c(-c2ccccc2-c2ccccc2C(=O)O)nn(-c2ccccc2)c1C(=O)OC. The van der Waals surface area contributed by atoms with E-state index in [4.69, 9.17) is 9.47 Å². The summed E-state index contributed by atoms with van der Waals surface area (Å²) in [6, 6.07) is 22.3. The second kappa shape index (κ2) is 9.41. The van der Waals surface area contributed by atoms with Gasteiger partial charge in [0, 0.05) is 5.56 Å². The van der Waals surface area contributed by atoms with Gasteiger partial charge in [0.05, 0.1) is 25.5 Å². The summed E-state index contributed by atoms with van der Waals surface area (Å²) < 4.78 is 11.3. The van der Waals surface area contributed by atoms with E-state index in [-0.39, 0.29) is 22.5 Å². The van der Waals surface area contributed by atoms with Gasteiger partial charge in [-0.05, 0) is 29.3 Å². The van der Waals surface area contributed by atoms with E-state index in [9.17, 15) is 19.5 Å². The molecule has 0 saturated heterocycles. The minimum absolute atomic E-state index is 0.0848. The number of nitrogens with zero attached hydrogens (tertiary/aromatic N) is 2. The molecule has 0 aliphatic carbocycles. The molecule has 1 N–H and O–H groups in total. The largest absolute Gasteiger partial charge is 0.478 e. The van der Waals surface area contributed by atoms with Crippen molar-refractivity contribution in [2.75, 3.05) is 14.2 Å². The normalized spacial score (nSPS) is 10.5. The number of ether oxygens (including phenoxy) is 2. The molecule has 8 heteroatoms. The summed E-state index contributed by atoms with van der Waals surface area (Å²) in [7, 11) is 2.42. The van der Waals surface area contributed by atoms with Crippen LogP contribution < -0.4 is 0 Å². The molecule has 0 fully saturated rings. The highest BCUT2D eigenvalue weighted by Gasteiger charge is 2.32. The third kappa shape index (κ3) is 3.93. The van der Waals surface area contributed by atoms with Crippen LogP contribution in [0.15, 0.2) is 78.9 Å². The van der Waals surface area contributed by atoms with Crippen molar-refractivity contribution in [3.05, 3.63) is 95.7 Å². The number of carbonyl (C=O) groups is 3. The summed E-state index contributed by atoms with van der Waals surface area (Å²) in [4.78, 5) is 37.6. The van der Waals surface area contributed by atoms with E-state index in [0.717, 1.165) is 0 Å². The number of aromatic carboxylic acids is 1. The van der Waals surface area contributed by atoms with Crippen molar-refractivity contribution in [3.63, 3.8) is 0 Å². The van der Waals surface area contributed by atoms with Gasteiger partial charge >= 0.3 is 17.9 Å². The number of aromatic nitrogens is 2. The van der Waals surface area contributed by atoms with E-state index < -0.39 is 17.9 Å². The zero-order chi connectivity index (χ0) is 24.2. The van der Waals surface area contributed by atoms with Crippen molar-refractivity contribution in [2.24, 2.45) is 0 Å². The smallest absolute Gasteiger partial charge is 0.357 e. The Labute approximate surface area is 195 Å². The first kappa shape index (κ1) is 22.5. The van der Waals surface area contributed by atoms with E-state index in [2.05, 4.69) is 5.10 Å². The first-order valence-corrected chi connectivity index (χ1v) is 10.2. The molecule has 8 nitrogen and oxygen atoms in total. The molecular formula is C26H20N2O6. The van der Waals surface area contributed by atoms with Crippen molar-refractivity contribution in [3.8, 4) is 28.1 Å². The van der Waals surface area contributed by atoms with Crippen molar-refractivity contribution in [2.45, 2.75) is 0 Å². The molecule has 34 heavy (non-hydrogen) atoms. The number of carboxylic acids is 1. The monoisotopic (exact) mass is 456 g/mol. The van der Waals surface area contributed by atoms with Crippen LogP contribution in [0.2, 0.25) is 0 Å². The fourth-order valence-corrected chi connectivity index (χ4v) is 3.77. The van der Waals surface area contributed by atoms with Crippen LogP contribution in [0.1, 0.15) is 31.2 Å². The molecule has 4 aromatic rings. The molecule has 170 valence electrons. The number of hydrogen-bond donors (Lipinski definition) is 1. The van der Waals surface area contributed by atoms with E-state index in [0.29, 0.717) is 22.4 Å². The van der Waals surface area contributed by atoms with E-state index >= 15 is 0 Å². The fourth-order valence-electron chi connectivity index (χ4n) is 3.77. The van der Waals surface area contributed by atoms with Crippen molar-refractivity contribution in [1.82, 2.24) is 9.78 Å². The molecule has 4 rings (SSSR count). The summed E-state index contributed by atoms with van der Waals surface area (Å²) in [6.45, 7) is 0. The Morgan fingerprint density at radius 2 is 1.29 bits per heavy atom. The molecule has 0 saturated carbocycles. The molecular weight excluding hydrogens is 436 g/mol. The molecule has 1 aromatic heterocycles. The number of esters is 2. The van der Waals surface area contributed by atoms with Gasteiger partial charge in [0.15, 0.2) is 5.69 Å². The maximum atomic E-state index is 12.9. The minimum Gasteiger partial charge on any atom is -0.478 e. The average Bonchev–Trinajstić information content (AvgIpc) is 3.28. The lowest BCUT2D eigenvalue weighted by Crippen LogP contribution is -2.15. The standard InChI is InChI=1S/C26H20N2O6/c1-33-25(31)21-22(27-28(23(21)26(32)34-2)16-10-4-3-5-11-16)19-14-8-6-12-17(19)18-13-7-9-15-20(18)24(29)30/h3-15H,1-2H3,(H,29,30). The first-order chi connectivity index (χ1) is 16.5. The molecule has 0 aliphatic heterocycles. The van der Waals surface area contributed by atoms with Gasteiger partial charge in [-0.3, -0.25) is 0 Å². The summed E-state index contributed by atoms with van der Waals surface area (Å²) in [5.74, 6) is -2.64. The lowest BCUT2D eigenvalue weighted by molar-refractivity contribution is 0.0549. The summed E-state index contributed by atoms with van der Waals surface area (Å²) in [6.07, 6.45) is 0. The molecule has 3 aromatic carbocycles. The van der Waals surface area contributed by atoms with Gasteiger partial charge in [-0.2, -0.15) is 5.10 Å². The number of carbonyl (C=O) groups excluding carboxylic acids is 2. The molecule has 0 bridgehead atoms. The molecule has 0 spiro atoms. The van der Waals surface area contributed by atoms with Crippen LogP contribution in [0.25, 0.3) is 28.1 Å². The quantitative estimate of drug-likeness (QED) is 0.426. The zero-order valence-corrected chi connectivity index (χ0v) is 18.4. The molecule has 0 radical (unpaired) electrons. The lowest BCUT2D eigenvalue weighted by Gasteiger charge is -2.11. The van der Waals surface area contributed by atoms with Crippen LogP contribution >= 0.6 is 0 Å². The second-order valence-electron chi connectivity index (χ2n) is 7.20. The van der Waals surface area contributed by atoms with Crippen LogP contribution in [-0.4, -0.2) is 47.0 Å². The van der Waals surface area contributed by atoms with Gasteiger partial charge in [0.2, 0.25) is 0 Å². The summed E-state index contributed by atoms with van der Waals surface area (Å²) in [5, 5.41) is 14.3. The maximum absolute atomic E-state index is 12.9. The van der Waals surface area contributed by atoms with Gasteiger partial charge in [0.1, 0.15) is 11.3 Å². The highest BCUT2D eigenvalue weighted by molar-refractivity contribution is 6.08. The average molecular weight is 456 g/mol. The zero-order valence-electron chi connectivity index (χ0n) is 18.4. The highest BCUT2D eigenvalue weighted by Crippen LogP contribution is 2.37. The third-order valence-electron chi connectivity index (χ3n) is 5.28. The Morgan fingerprint density at radius 1 is 0.735 bits per heavy atom. The predicted octanol–water partition coefficient (Wildman–Crippen LogP) is 4.48. The molecule has 1 heterocycles. The van der Waals surface area contributed by atoms with Crippen LogP contribution in [0.3, 0.4) is 0 Å². The Bertz CT molecular complexity index is 1390. The van der Waals surface area contributed by atoms with Crippen LogP contribution in [0.4, 0.5) is 0 Å². The third-order valence-corrected chi connectivity index (χ3v) is 5.28. The fraction of sp³-hybridized carbons (Fsp3) is 0.0769. The summed E-state index contributed by atoms with van der Waals surface area (Å²) in [5.41, 5.74) is 2.02. The van der Waals surface area contributed by atoms with Crippen molar-refractivity contribution < 1.29 is 29.0 Å². The van der Waals surface area contributed by atoms with Crippen molar-refractivity contribution >= 4 is 17.9 Å². The Morgan fingerprint density at radius 3 is 1.91 bits per heavy atom. The summed E-state index contributed by atoms with van der Waals surface area (Å²) >= 11 is 0. The number of rotatable bonds is 6.